The fraction of sp³-hybridized carbons (Fsp3) is 0.750. The maximum Gasteiger partial charge on any atom is 0.0701 e. The van der Waals surface area contributed by atoms with Crippen LogP contribution in [0.1, 0.15) is 63.7 Å². The zero-order chi connectivity index (χ0) is 13.9. The van der Waals surface area contributed by atoms with Crippen molar-refractivity contribution in [3.63, 3.8) is 0 Å². The number of rotatable bonds is 11. The average Bonchev–Trinajstić information content (AvgIpc) is 2.81. The fourth-order valence-electron chi connectivity index (χ4n) is 2.32. The van der Waals surface area contributed by atoms with Crippen LogP contribution in [0.25, 0.3) is 0 Å². The molecule has 0 radical (unpaired) electrons. The van der Waals surface area contributed by atoms with E-state index in [1.807, 2.05) is 11.3 Å². The van der Waals surface area contributed by atoms with Crippen molar-refractivity contribution in [2.45, 2.75) is 71.3 Å². The Balaban J connectivity index is 2.29. The van der Waals surface area contributed by atoms with E-state index in [2.05, 4.69) is 47.2 Å². The van der Waals surface area contributed by atoms with Gasteiger partial charge in [-0.1, -0.05) is 46.0 Å². The average molecular weight is 346 g/mol. The molecule has 1 aromatic heterocycles. The smallest absolute Gasteiger partial charge is 0.0701 e. The molecule has 0 aliphatic heterocycles. The molecule has 1 heterocycles. The summed E-state index contributed by atoms with van der Waals surface area (Å²) in [6, 6.07) is 5.08. The molecule has 110 valence electrons. The molecule has 0 aliphatic carbocycles. The highest BCUT2D eigenvalue weighted by molar-refractivity contribution is 9.11. The second kappa shape index (κ2) is 10.9. The van der Waals surface area contributed by atoms with Crippen LogP contribution < -0.4 is 5.32 Å². The summed E-state index contributed by atoms with van der Waals surface area (Å²) in [5.41, 5.74) is 0. The minimum atomic E-state index is 0.659. The molecule has 1 nitrogen and oxygen atoms in total. The maximum atomic E-state index is 3.71. The first kappa shape index (κ1) is 17.2. The van der Waals surface area contributed by atoms with Crippen molar-refractivity contribution in [3.05, 3.63) is 20.8 Å². The van der Waals surface area contributed by atoms with Gasteiger partial charge in [-0.3, -0.25) is 0 Å². The van der Waals surface area contributed by atoms with Gasteiger partial charge in [0.2, 0.25) is 0 Å². The van der Waals surface area contributed by atoms with Crippen LogP contribution in [0.3, 0.4) is 0 Å². The number of nitrogens with one attached hydrogen (secondary N) is 1. The monoisotopic (exact) mass is 345 g/mol. The molecule has 1 N–H and O–H groups in total. The predicted octanol–water partition coefficient (Wildman–Crippen LogP) is 5.78. The summed E-state index contributed by atoms with van der Waals surface area (Å²) < 4.78 is 1.25. The Hall–Kier alpha value is 0.140. The third-order valence-corrected chi connectivity index (χ3v) is 5.06. The van der Waals surface area contributed by atoms with Crippen molar-refractivity contribution in [2.75, 3.05) is 6.54 Å². The van der Waals surface area contributed by atoms with E-state index in [9.17, 15) is 0 Å². The van der Waals surface area contributed by atoms with E-state index in [1.54, 1.807) is 0 Å². The van der Waals surface area contributed by atoms with Gasteiger partial charge in [0.15, 0.2) is 0 Å². The molecule has 0 amide bonds. The van der Waals surface area contributed by atoms with Gasteiger partial charge >= 0.3 is 0 Å². The van der Waals surface area contributed by atoms with Gasteiger partial charge in [0.25, 0.3) is 0 Å². The molecule has 1 atom stereocenters. The third kappa shape index (κ3) is 8.11. The molecule has 1 unspecified atom stereocenters. The van der Waals surface area contributed by atoms with Crippen molar-refractivity contribution < 1.29 is 0 Å². The van der Waals surface area contributed by atoms with E-state index >= 15 is 0 Å². The van der Waals surface area contributed by atoms with Gasteiger partial charge in [0.05, 0.1) is 3.79 Å². The van der Waals surface area contributed by atoms with Gasteiger partial charge in [0.1, 0.15) is 0 Å². The first-order chi connectivity index (χ1) is 9.26. The summed E-state index contributed by atoms with van der Waals surface area (Å²) in [6.07, 6.45) is 10.6. The zero-order valence-electron chi connectivity index (χ0n) is 12.4. The molecule has 1 aromatic rings. The normalized spacial score (nSPS) is 12.8. The van der Waals surface area contributed by atoms with Crippen LogP contribution in [-0.2, 0) is 6.42 Å². The Morgan fingerprint density at radius 3 is 2.53 bits per heavy atom. The largest absolute Gasteiger partial charge is 0.314 e. The SMILES string of the molecule is CCCCCCCC(Cc1ccc(Br)s1)NCCC. The molecule has 0 saturated carbocycles. The third-order valence-electron chi connectivity index (χ3n) is 3.42. The highest BCUT2D eigenvalue weighted by Gasteiger charge is 2.10. The molecular formula is C16H28BrNS. The summed E-state index contributed by atoms with van der Waals surface area (Å²) >= 11 is 5.43. The van der Waals surface area contributed by atoms with E-state index in [1.165, 1.54) is 60.0 Å². The Morgan fingerprint density at radius 2 is 1.89 bits per heavy atom. The lowest BCUT2D eigenvalue weighted by atomic mass is 10.0. The Labute approximate surface area is 131 Å². The first-order valence-corrected chi connectivity index (χ1v) is 9.34. The number of hydrogen-bond acceptors (Lipinski definition) is 2. The van der Waals surface area contributed by atoms with Crippen LogP contribution >= 0.6 is 27.3 Å². The summed E-state index contributed by atoms with van der Waals surface area (Å²) in [4.78, 5) is 1.49. The van der Waals surface area contributed by atoms with Crippen LogP contribution in [0.4, 0.5) is 0 Å². The summed E-state index contributed by atoms with van der Waals surface area (Å²) in [5.74, 6) is 0. The molecule has 0 bridgehead atoms. The first-order valence-electron chi connectivity index (χ1n) is 7.73. The summed E-state index contributed by atoms with van der Waals surface area (Å²) in [6.45, 7) is 5.67. The maximum absolute atomic E-state index is 3.71. The van der Waals surface area contributed by atoms with Gasteiger partial charge in [-0.15, -0.1) is 11.3 Å². The Bertz CT molecular complexity index is 324. The van der Waals surface area contributed by atoms with Gasteiger partial charge in [-0.25, -0.2) is 0 Å². The van der Waals surface area contributed by atoms with Crippen LogP contribution in [0.15, 0.2) is 15.9 Å². The number of halogens is 1. The second-order valence-electron chi connectivity index (χ2n) is 5.26. The second-order valence-corrected chi connectivity index (χ2v) is 7.81. The molecule has 0 spiro atoms. The van der Waals surface area contributed by atoms with Crippen molar-refractivity contribution in [2.24, 2.45) is 0 Å². The fourth-order valence-corrected chi connectivity index (χ4v) is 3.89. The van der Waals surface area contributed by atoms with E-state index in [0.717, 1.165) is 6.54 Å². The molecule has 0 saturated heterocycles. The molecule has 3 heteroatoms. The van der Waals surface area contributed by atoms with Crippen molar-refractivity contribution in [1.82, 2.24) is 5.32 Å². The summed E-state index contributed by atoms with van der Waals surface area (Å²) in [5, 5.41) is 3.71. The Morgan fingerprint density at radius 1 is 1.11 bits per heavy atom. The van der Waals surface area contributed by atoms with Crippen LogP contribution in [0.2, 0.25) is 0 Å². The Kier molecular flexibility index (Phi) is 9.84. The lowest BCUT2D eigenvalue weighted by molar-refractivity contribution is 0.453. The van der Waals surface area contributed by atoms with E-state index in [0.29, 0.717) is 6.04 Å². The minimum absolute atomic E-state index is 0.659. The van der Waals surface area contributed by atoms with E-state index in [-0.39, 0.29) is 0 Å². The lowest BCUT2D eigenvalue weighted by Gasteiger charge is -2.17. The number of thiophene rings is 1. The van der Waals surface area contributed by atoms with Crippen molar-refractivity contribution >= 4 is 27.3 Å². The van der Waals surface area contributed by atoms with Crippen LogP contribution in [-0.4, -0.2) is 12.6 Å². The molecule has 0 aromatic carbocycles. The zero-order valence-corrected chi connectivity index (χ0v) is 14.8. The van der Waals surface area contributed by atoms with Crippen molar-refractivity contribution in [1.29, 1.82) is 0 Å². The predicted molar refractivity (Wildman–Crippen MR) is 91.2 cm³/mol. The topological polar surface area (TPSA) is 12.0 Å². The molecule has 19 heavy (non-hydrogen) atoms. The van der Waals surface area contributed by atoms with Crippen molar-refractivity contribution in [3.8, 4) is 0 Å². The van der Waals surface area contributed by atoms with Gasteiger partial charge in [-0.05, 0) is 53.9 Å². The van der Waals surface area contributed by atoms with Gasteiger partial charge in [-0.2, -0.15) is 0 Å². The standard InChI is InChI=1S/C16H28BrNS/c1-3-5-6-7-8-9-14(18-12-4-2)13-15-10-11-16(17)19-15/h10-11,14,18H,3-9,12-13H2,1-2H3. The quantitative estimate of drug-likeness (QED) is 0.501. The number of unbranched alkanes of at least 4 members (excludes halogenated alkanes) is 4. The lowest BCUT2D eigenvalue weighted by Crippen LogP contribution is -2.31. The van der Waals surface area contributed by atoms with Gasteiger partial charge < -0.3 is 5.32 Å². The molecule has 1 rings (SSSR count). The molecule has 0 aliphatic rings. The molecular weight excluding hydrogens is 318 g/mol. The van der Waals surface area contributed by atoms with E-state index < -0.39 is 0 Å². The minimum Gasteiger partial charge on any atom is -0.314 e. The summed E-state index contributed by atoms with van der Waals surface area (Å²) in [7, 11) is 0. The molecule has 0 fully saturated rings. The number of hydrogen-bond donors (Lipinski definition) is 1. The van der Waals surface area contributed by atoms with Gasteiger partial charge in [0, 0.05) is 10.9 Å². The van der Waals surface area contributed by atoms with Crippen LogP contribution in [0, 0.1) is 0 Å². The highest BCUT2D eigenvalue weighted by Crippen LogP contribution is 2.24. The van der Waals surface area contributed by atoms with E-state index in [4.69, 9.17) is 0 Å². The van der Waals surface area contributed by atoms with Crippen LogP contribution in [0.5, 0.6) is 0 Å². The highest BCUT2D eigenvalue weighted by atomic mass is 79.9.